The van der Waals surface area contributed by atoms with Crippen molar-refractivity contribution in [3.63, 3.8) is 0 Å². The van der Waals surface area contributed by atoms with Crippen molar-refractivity contribution in [3.8, 4) is 0 Å². The van der Waals surface area contributed by atoms with Crippen molar-refractivity contribution in [3.05, 3.63) is 30.1 Å². The van der Waals surface area contributed by atoms with Gasteiger partial charge in [0.05, 0.1) is 6.10 Å². The number of hydrogen-bond donors (Lipinski definition) is 0. The van der Waals surface area contributed by atoms with Crippen LogP contribution in [0.1, 0.15) is 19.8 Å². The predicted molar refractivity (Wildman–Crippen MR) is 52.4 cm³/mol. The van der Waals surface area contributed by atoms with E-state index in [1.807, 2.05) is 37.0 Å². The van der Waals surface area contributed by atoms with E-state index < -0.39 is 0 Å². The van der Waals surface area contributed by atoms with Gasteiger partial charge in [-0.3, -0.25) is 0 Å². The number of hydrogen-bond acceptors (Lipinski definition) is 1. The summed E-state index contributed by atoms with van der Waals surface area (Å²) in [7, 11) is 0. The molecule has 1 fully saturated rings. The minimum atomic E-state index is 0.546. The average Bonchev–Trinajstić information content (AvgIpc) is 2.60. The van der Waals surface area contributed by atoms with E-state index in [1.54, 1.807) is 0 Å². The summed E-state index contributed by atoms with van der Waals surface area (Å²) in [6.07, 6.45) is 3.08. The van der Waals surface area contributed by atoms with Crippen molar-refractivity contribution in [2.24, 2.45) is 0 Å². The van der Waals surface area contributed by atoms with E-state index in [1.165, 1.54) is 12.8 Å². The quantitative estimate of drug-likeness (QED) is 0.568. The first-order valence-corrected chi connectivity index (χ1v) is 4.51. The Morgan fingerprint density at radius 1 is 1.25 bits per heavy atom. The Morgan fingerprint density at radius 2 is 2.00 bits per heavy atom. The zero-order valence-electron chi connectivity index (χ0n) is 7.57. The zero-order chi connectivity index (χ0) is 8.65. The minimum absolute atomic E-state index is 0.546. The summed E-state index contributed by atoms with van der Waals surface area (Å²) in [4.78, 5) is 0. The Kier molecular flexibility index (Phi) is 4.70. The Bertz CT molecular complexity index is 156. The fourth-order valence-electron chi connectivity index (χ4n) is 1.12. The number of rotatable bonds is 0. The second-order valence-corrected chi connectivity index (χ2v) is 2.98. The summed E-state index contributed by atoms with van der Waals surface area (Å²) >= 11 is 0. The molecule has 2 heterocycles. The van der Waals surface area contributed by atoms with Crippen LogP contribution in [-0.2, 0) is 4.74 Å². The molecule has 1 aliphatic heterocycles. The standard InChI is InChI=1S/C5H5B.C5H10O/c1-2-4-6-5-3-1;1-5-3-2-4-6-5/h1-5H;5H,2-4H2,1H3. The van der Waals surface area contributed by atoms with Crippen LogP contribution in [0, 0.1) is 0 Å². The molecule has 1 aliphatic rings. The molecule has 1 aromatic rings. The van der Waals surface area contributed by atoms with Gasteiger partial charge in [0.15, 0.2) is 0 Å². The predicted octanol–water partition coefficient (Wildman–Crippen LogP) is 2.21. The molecule has 0 saturated carbocycles. The number of ether oxygens (including phenoxy) is 1. The Balaban J connectivity index is 0.000000120. The molecule has 0 aromatic carbocycles. The molecule has 1 atom stereocenters. The SMILES string of the molecule is CC1CCCO1.b1ccccc1. The van der Waals surface area contributed by atoms with Crippen molar-refractivity contribution in [2.75, 3.05) is 6.61 Å². The average molecular weight is 162 g/mol. The van der Waals surface area contributed by atoms with E-state index in [4.69, 9.17) is 4.74 Å². The van der Waals surface area contributed by atoms with Crippen LogP contribution in [-0.4, -0.2) is 19.6 Å². The van der Waals surface area contributed by atoms with E-state index >= 15 is 0 Å². The molecule has 0 bridgehead atoms. The van der Waals surface area contributed by atoms with Gasteiger partial charge in [-0.25, -0.2) is 0 Å². The molecule has 0 radical (unpaired) electrons. The molecule has 64 valence electrons. The van der Waals surface area contributed by atoms with E-state index in [2.05, 4.69) is 6.92 Å². The molecule has 0 spiro atoms. The molecule has 0 amide bonds. The molecular weight excluding hydrogens is 147 g/mol. The Hall–Kier alpha value is -0.625. The van der Waals surface area contributed by atoms with Crippen LogP contribution in [0.15, 0.2) is 30.1 Å². The van der Waals surface area contributed by atoms with Crippen molar-refractivity contribution in [1.29, 1.82) is 0 Å². The summed E-state index contributed by atoms with van der Waals surface area (Å²) in [6, 6.07) is 6.00. The van der Waals surface area contributed by atoms with Crippen LogP contribution >= 0.6 is 0 Å². The van der Waals surface area contributed by atoms with Gasteiger partial charge in [-0.15, -0.1) is 0 Å². The molecule has 1 aromatic heterocycles. The van der Waals surface area contributed by atoms with Crippen LogP contribution in [0.4, 0.5) is 0 Å². The topological polar surface area (TPSA) is 9.23 Å². The fourth-order valence-corrected chi connectivity index (χ4v) is 1.12. The van der Waals surface area contributed by atoms with Crippen molar-refractivity contribution in [1.82, 2.24) is 0 Å². The van der Waals surface area contributed by atoms with Gasteiger partial charge in [0.2, 0.25) is 0 Å². The third-order valence-electron chi connectivity index (χ3n) is 1.82. The van der Waals surface area contributed by atoms with E-state index in [0.29, 0.717) is 6.10 Å². The molecule has 0 N–H and O–H groups in total. The van der Waals surface area contributed by atoms with Crippen LogP contribution in [0.5, 0.6) is 0 Å². The summed E-state index contributed by atoms with van der Waals surface area (Å²) < 4.78 is 5.15. The van der Waals surface area contributed by atoms with Crippen LogP contribution in [0.25, 0.3) is 0 Å². The van der Waals surface area contributed by atoms with Gasteiger partial charge in [-0.2, -0.15) is 0 Å². The van der Waals surface area contributed by atoms with Gasteiger partial charge >= 0.3 is 37.0 Å². The second kappa shape index (κ2) is 5.95. The van der Waals surface area contributed by atoms with Crippen LogP contribution in [0.2, 0.25) is 0 Å². The van der Waals surface area contributed by atoms with Gasteiger partial charge in [0, 0.05) is 6.61 Å². The summed E-state index contributed by atoms with van der Waals surface area (Å²) in [5.74, 6) is 4.00. The maximum atomic E-state index is 5.15. The first-order chi connectivity index (χ1) is 5.89. The van der Waals surface area contributed by atoms with Crippen molar-refractivity contribution in [2.45, 2.75) is 25.9 Å². The second-order valence-electron chi connectivity index (χ2n) is 2.98. The van der Waals surface area contributed by atoms with Gasteiger partial charge < -0.3 is 4.74 Å². The molecule has 2 heteroatoms. The first-order valence-electron chi connectivity index (χ1n) is 4.51. The molecular formula is C10H15BO. The zero-order valence-corrected chi connectivity index (χ0v) is 7.57. The van der Waals surface area contributed by atoms with Gasteiger partial charge in [-0.05, 0) is 19.8 Å². The Morgan fingerprint density at radius 3 is 2.17 bits per heavy atom. The molecule has 0 aliphatic carbocycles. The third kappa shape index (κ3) is 4.29. The third-order valence-corrected chi connectivity index (χ3v) is 1.82. The van der Waals surface area contributed by atoms with Gasteiger partial charge in [-0.1, -0.05) is 0 Å². The monoisotopic (exact) mass is 162 g/mol. The van der Waals surface area contributed by atoms with E-state index in [9.17, 15) is 0 Å². The molecule has 1 nitrogen and oxygen atoms in total. The molecule has 12 heavy (non-hydrogen) atoms. The first kappa shape index (κ1) is 9.46. The Labute approximate surface area is 75.0 Å². The molecule has 1 unspecified atom stereocenters. The van der Waals surface area contributed by atoms with E-state index in [-0.39, 0.29) is 0 Å². The maximum absolute atomic E-state index is 5.15. The van der Waals surface area contributed by atoms with Crippen LogP contribution < -0.4 is 0 Å². The summed E-state index contributed by atoms with van der Waals surface area (Å²) in [5, 5.41) is 0. The van der Waals surface area contributed by atoms with Crippen LogP contribution in [0.3, 0.4) is 0 Å². The van der Waals surface area contributed by atoms with Crippen molar-refractivity contribution >= 4 is 6.91 Å². The van der Waals surface area contributed by atoms with Crippen molar-refractivity contribution < 1.29 is 4.74 Å². The van der Waals surface area contributed by atoms with E-state index in [0.717, 1.165) is 6.61 Å². The molecule has 2 rings (SSSR count). The fraction of sp³-hybridized carbons (Fsp3) is 0.500. The van der Waals surface area contributed by atoms with Gasteiger partial charge in [0.1, 0.15) is 0 Å². The normalized spacial score (nSPS) is 20.9. The summed E-state index contributed by atoms with van der Waals surface area (Å²) in [5.41, 5.74) is 0. The van der Waals surface area contributed by atoms with Gasteiger partial charge in [0.25, 0.3) is 0 Å². The summed E-state index contributed by atoms with van der Waals surface area (Å²) in [6.45, 7) is 5.11. The molecule has 1 saturated heterocycles.